The Bertz CT molecular complexity index is 470. The molecule has 1 aliphatic carbocycles. The van der Waals surface area contributed by atoms with E-state index in [4.69, 9.17) is 5.73 Å². The zero-order chi connectivity index (χ0) is 12.7. The lowest BCUT2D eigenvalue weighted by Crippen LogP contribution is -2.24. The van der Waals surface area contributed by atoms with Gasteiger partial charge in [-0.3, -0.25) is 4.79 Å². The van der Waals surface area contributed by atoms with Crippen LogP contribution in [0.1, 0.15) is 31.1 Å². The molecular formula is C11H17N5OS. The number of aromatic nitrogens is 3. The number of nitrogens with zero attached hydrogens (tertiary/aromatic N) is 4. The van der Waals surface area contributed by atoms with Crippen LogP contribution < -0.4 is 5.73 Å². The first-order chi connectivity index (χ1) is 8.70. The molecule has 0 radical (unpaired) electrons. The molecule has 1 saturated carbocycles. The molecule has 0 spiro atoms. The van der Waals surface area contributed by atoms with Gasteiger partial charge in [0.05, 0.1) is 11.8 Å². The van der Waals surface area contributed by atoms with Gasteiger partial charge in [-0.2, -0.15) is 0 Å². The van der Waals surface area contributed by atoms with Gasteiger partial charge >= 0.3 is 0 Å². The number of carbonyl (C=O) groups is 1. The highest BCUT2D eigenvalue weighted by Gasteiger charge is 2.34. The Morgan fingerprint density at radius 2 is 2.17 bits per heavy atom. The van der Waals surface area contributed by atoms with Gasteiger partial charge in [0.25, 0.3) is 0 Å². The quantitative estimate of drug-likeness (QED) is 0.854. The largest absolute Gasteiger partial charge is 0.345 e. The van der Waals surface area contributed by atoms with E-state index in [0.29, 0.717) is 12.6 Å². The molecule has 18 heavy (non-hydrogen) atoms. The van der Waals surface area contributed by atoms with Crippen LogP contribution in [0.4, 0.5) is 0 Å². The van der Waals surface area contributed by atoms with Crippen LogP contribution >= 0.6 is 11.8 Å². The van der Waals surface area contributed by atoms with Crippen LogP contribution in [0, 0.1) is 0 Å². The molecule has 1 aromatic rings. The smallest absolute Gasteiger partial charge is 0.235 e. The number of rotatable bonds is 4. The Labute approximate surface area is 110 Å². The third-order valence-corrected chi connectivity index (χ3v) is 4.67. The van der Waals surface area contributed by atoms with Gasteiger partial charge in [0.15, 0.2) is 5.16 Å². The first kappa shape index (κ1) is 12.0. The van der Waals surface area contributed by atoms with Crippen molar-refractivity contribution in [2.75, 3.05) is 13.6 Å². The highest BCUT2D eigenvalue weighted by atomic mass is 32.2. The van der Waals surface area contributed by atoms with E-state index in [9.17, 15) is 4.79 Å². The number of carbonyl (C=O) groups excluding carboxylic acids is 1. The highest BCUT2D eigenvalue weighted by Crippen LogP contribution is 2.40. The average Bonchev–Trinajstić information content (AvgIpc) is 3.06. The second-order valence-corrected chi connectivity index (χ2v) is 6.03. The highest BCUT2D eigenvalue weighted by molar-refractivity contribution is 8.00. The molecule has 2 aliphatic rings. The van der Waals surface area contributed by atoms with Crippen molar-refractivity contribution in [3.63, 3.8) is 0 Å². The Hall–Kier alpha value is -1.08. The number of thioether (sulfide) groups is 1. The molecule has 0 aromatic carbocycles. The fourth-order valence-corrected chi connectivity index (χ4v) is 3.47. The van der Waals surface area contributed by atoms with E-state index in [1.807, 2.05) is 7.05 Å². The zero-order valence-electron chi connectivity index (χ0n) is 10.4. The van der Waals surface area contributed by atoms with Gasteiger partial charge in [0, 0.05) is 19.6 Å². The Morgan fingerprint density at radius 3 is 2.72 bits per heavy atom. The minimum Gasteiger partial charge on any atom is -0.345 e. The zero-order valence-corrected chi connectivity index (χ0v) is 11.2. The molecule has 1 amide bonds. The monoisotopic (exact) mass is 267 g/mol. The van der Waals surface area contributed by atoms with E-state index in [-0.39, 0.29) is 11.2 Å². The second kappa shape index (κ2) is 4.55. The number of likely N-dealkylation sites (tertiary alicyclic amines) is 1. The lowest BCUT2D eigenvalue weighted by molar-refractivity contribution is -0.126. The van der Waals surface area contributed by atoms with Crippen molar-refractivity contribution >= 4 is 17.7 Å². The van der Waals surface area contributed by atoms with Crippen molar-refractivity contribution in [3.8, 4) is 0 Å². The minimum atomic E-state index is -0.0117. The van der Waals surface area contributed by atoms with Crippen LogP contribution in [0.3, 0.4) is 0 Å². The lowest BCUT2D eigenvalue weighted by Gasteiger charge is -2.11. The van der Waals surface area contributed by atoms with Crippen LogP contribution in [-0.2, 0) is 11.3 Å². The van der Waals surface area contributed by atoms with Gasteiger partial charge in [-0.15, -0.1) is 10.2 Å². The molecule has 3 rings (SSSR count). The third kappa shape index (κ3) is 2.01. The molecule has 2 N–H and O–H groups in total. The van der Waals surface area contributed by atoms with Crippen LogP contribution in [0.15, 0.2) is 5.16 Å². The van der Waals surface area contributed by atoms with Crippen LogP contribution in [-0.4, -0.2) is 44.4 Å². The van der Waals surface area contributed by atoms with Crippen molar-refractivity contribution in [2.45, 2.75) is 42.3 Å². The van der Waals surface area contributed by atoms with E-state index in [1.54, 1.807) is 4.90 Å². The van der Waals surface area contributed by atoms with Crippen molar-refractivity contribution < 1.29 is 4.79 Å². The van der Waals surface area contributed by atoms with E-state index in [0.717, 1.165) is 36.8 Å². The van der Waals surface area contributed by atoms with Gasteiger partial charge in [0.1, 0.15) is 5.82 Å². The summed E-state index contributed by atoms with van der Waals surface area (Å²) in [6.45, 7) is 1.24. The lowest BCUT2D eigenvalue weighted by atomic mass is 10.4. The molecule has 2 fully saturated rings. The van der Waals surface area contributed by atoms with Crippen molar-refractivity contribution in [3.05, 3.63) is 5.82 Å². The molecule has 1 aromatic heterocycles. The molecule has 1 saturated heterocycles. The summed E-state index contributed by atoms with van der Waals surface area (Å²) < 4.78 is 2.12. The molecule has 7 heteroatoms. The summed E-state index contributed by atoms with van der Waals surface area (Å²) in [6, 6.07) is 0.496. The predicted octanol–water partition coefficient (Wildman–Crippen LogP) is 0.394. The number of hydrogen-bond donors (Lipinski definition) is 1. The summed E-state index contributed by atoms with van der Waals surface area (Å²) >= 11 is 1.54. The van der Waals surface area contributed by atoms with E-state index >= 15 is 0 Å². The van der Waals surface area contributed by atoms with Crippen molar-refractivity contribution in [1.82, 2.24) is 19.7 Å². The molecular weight excluding hydrogens is 250 g/mol. The molecule has 1 aliphatic heterocycles. The van der Waals surface area contributed by atoms with E-state index in [2.05, 4.69) is 14.8 Å². The summed E-state index contributed by atoms with van der Waals surface area (Å²) in [5.41, 5.74) is 5.68. The van der Waals surface area contributed by atoms with Crippen LogP contribution in [0.5, 0.6) is 0 Å². The van der Waals surface area contributed by atoms with Gasteiger partial charge in [0.2, 0.25) is 5.91 Å². The Morgan fingerprint density at radius 1 is 1.39 bits per heavy atom. The summed E-state index contributed by atoms with van der Waals surface area (Å²) in [6.07, 6.45) is 3.21. The fourth-order valence-electron chi connectivity index (χ4n) is 2.25. The van der Waals surface area contributed by atoms with Crippen LogP contribution in [0.25, 0.3) is 0 Å². The van der Waals surface area contributed by atoms with Crippen molar-refractivity contribution in [1.29, 1.82) is 0 Å². The summed E-state index contributed by atoms with van der Waals surface area (Å²) in [7, 11) is 1.85. The number of hydrogen-bond acceptors (Lipinski definition) is 5. The maximum atomic E-state index is 11.9. The first-order valence-corrected chi connectivity index (χ1v) is 7.14. The molecule has 98 valence electrons. The van der Waals surface area contributed by atoms with E-state index < -0.39 is 0 Å². The second-order valence-electron chi connectivity index (χ2n) is 4.86. The maximum Gasteiger partial charge on any atom is 0.235 e. The number of nitrogens with two attached hydrogens (primary N) is 1. The number of amides is 1. The maximum absolute atomic E-state index is 11.9. The minimum absolute atomic E-state index is 0.0117. The Balaban J connectivity index is 1.80. The topological polar surface area (TPSA) is 77.0 Å². The first-order valence-electron chi connectivity index (χ1n) is 6.26. The van der Waals surface area contributed by atoms with Gasteiger partial charge < -0.3 is 15.2 Å². The molecule has 2 heterocycles. The van der Waals surface area contributed by atoms with E-state index in [1.165, 1.54) is 11.8 Å². The van der Waals surface area contributed by atoms with Crippen LogP contribution in [0.2, 0.25) is 0 Å². The Kier molecular flexibility index (Phi) is 3.03. The SMILES string of the molecule is CN1CCC(Sc2nnc(CN)n2C2CC2)C1=O. The van der Waals surface area contributed by atoms with Gasteiger partial charge in [-0.1, -0.05) is 11.8 Å². The third-order valence-electron chi connectivity index (χ3n) is 3.46. The van der Waals surface area contributed by atoms with Crippen molar-refractivity contribution in [2.24, 2.45) is 5.73 Å². The predicted molar refractivity (Wildman–Crippen MR) is 68.1 cm³/mol. The summed E-state index contributed by atoms with van der Waals surface area (Å²) in [5, 5.41) is 9.16. The summed E-state index contributed by atoms with van der Waals surface area (Å²) in [4.78, 5) is 13.7. The molecule has 1 atom stereocenters. The molecule has 6 nitrogen and oxygen atoms in total. The standard InChI is InChI=1S/C11H17N5OS/c1-15-5-4-8(10(15)17)18-11-14-13-9(6-12)16(11)7-2-3-7/h7-8H,2-6,12H2,1H3. The van der Waals surface area contributed by atoms with Gasteiger partial charge in [-0.05, 0) is 19.3 Å². The molecule has 0 bridgehead atoms. The summed E-state index contributed by atoms with van der Waals surface area (Å²) in [5.74, 6) is 1.03. The normalized spacial score (nSPS) is 24.0. The average molecular weight is 267 g/mol. The molecule has 1 unspecified atom stereocenters. The van der Waals surface area contributed by atoms with Gasteiger partial charge in [-0.25, -0.2) is 0 Å². The fraction of sp³-hybridized carbons (Fsp3) is 0.727.